The fraction of sp³-hybridized carbons (Fsp3) is 0.500. The second-order valence-corrected chi connectivity index (χ2v) is 7.30. The fourth-order valence-corrected chi connectivity index (χ4v) is 4.22. The van der Waals surface area contributed by atoms with Gasteiger partial charge in [-0.15, -0.1) is 0 Å². The van der Waals surface area contributed by atoms with Crippen molar-refractivity contribution >= 4 is 33.2 Å². The highest BCUT2D eigenvalue weighted by Crippen LogP contribution is 2.25. The molecule has 0 aliphatic carbocycles. The molecule has 19 heavy (non-hydrogen) atoms. The molecule has 2 rings (SSSR count). The van der Waals surface area contributed by atoms with Gasteiger partial charge in [-0.3, -0.25) is 0 Å². The number of halogens is 2. The third kappa shape index (κ3) is 3.61. The second-order valence-electron chi connectivity index (χ2n) is 4.77. The first-order valence-electron chi connectivity index (χ1n) is 6.08. The lowest BCUT2D eigenvalue weighted by Crippen LogP contribution is -2.50. The number of rotatable bonds is 3. The van der Waals surface area contributed by atoms with Crippen molar-refractivity contribution in [2.75, 3.05) is 13.1 Å². The van der Waals surface area contributed by atoms with E-state index >= 15 is 0 Å². The SMILES string of the molecule is CC1CCNCC1NS(=O)(=O)c1ccc(Cl)cc1Cl. The summed E-state index contributed by atoms with van der Waals surface area (Å²) < 4.78 is 27.3. The van der Waals surface area contributed by atoms with E-state index in [0.717, 1.165) is 13.0 Å². The van der Waals surface area contributed by atoms with Gasteiger partial charge in [0.1, 0.15) is 4.90 Å². The lowest BCUT2D eigenvalue weighted by Gasteiger charge is -2.30. The van der Waals surface area contributed by atoms with Crippen molar-refractivity contribution in [3.63, 3.8) is 0 Å². The summed E-state index contributed by atoms with van der Waals surface area (Å²) in [4.78, 5) is 0.0661. The van der Waals surface area contributed by atoms with Crippen LogP contribution in [0.3, 0.4) is 0 Å². The lowest BCUT2D eigenvalue weighted by molar-refractivity contribution is 0.327. The van der Waals surface area contributed by atoms with Crippen molar-refractivity contribution in [2.24, 2.45) is 5.92 Å². The summed E-state index contributed by atoms with van der Waals surface area (Å²) in [6.45, 7) is 3.59. The Balaban J connectivity index is 2.22. The summed E-state index contributed by atoms with van der Waals surface area (Å²) in [6.07, 6.45) is 0.946. The summed E-state index contributed by atoms with van der Waals surface area (Å²) in [5, 5.41) is 3.73. The van der Waals surface area contributed by atoms with Crippen LogP contribution >= 0.6 is 23.2 Å². The maximum Gasteiger partial charge on any atom is 0.242 e. The van der Waals surface area contributed by atoms with Crippen LogP contribution in [-0.2, 0) is 10.0 Å². The normalized spacial score (nSPS) is 24.4. The van der Waals surface area contributed by atoms with Gasteiger partial charge in [0.2, 0.25) is 10.0 Å². The number of hydrogen-bond donors (Lipinski definition) is 2. The minimum absolute atomic E-state index is 0.0661. The van der Waals surface area contributed by atoms with Gasteiger partial charge >= 0.3 is 0 Å². The van der Waals surface area contributed by atoms with Crippen LogP contribution in [0.1, 0.15) is 13.3 Å². The van der Waals surface area contributed by atoms with Crippen LogP contribution in [-0.4, -0.2) is 27.5 Å². The zero-order valence-electron chi connectivity index (χ0n) is 10.5. The Labute approximate surface area is 123 Å². The predicted molar refractivity (Wildman–Crippen MR) is 77.2 cm³/mol. The highest BCUT2D eigenvalue weighted by Gasteiger charge is 2.27. The van der Waals surface area contributed by atoms with E-state index in [1.54, 1.807) is 0 Å². The molecule has 1 heterocycles. The number of sulfonamides is 1. The third-order valence-corrected chi connectivity index (χ3v) is 5.53. The van der Waals surface area contributed by atoms with Crippen LogP contribution in [0.15, 0.2) is 23.1 Å². The quantitative estimate of drug-likeness (QED) is 0.897. The number of hydrogen-bond acceptors (Lipinski definition) is 3. The highest BCUT2D eigenvalue weighted by atomic mass is 35.5. The number of piperidine rings is 1. The maximum absolute atomic E-state index is 12.3. The van der Waals surface area contributed by atoms with Gasteiger partial charge in [-0.2, -0.15) is 0 Å². The van der Waals surface area contributed by atoms with Gasteiger partial charge in [0.15, 0.2) is 0 Å². The van der Waals surface area contributed by atoms with Crippen LogP contribution in [0.2, 0.25) is 10.0 Å². The molecule has 1 fully saturated rings. The Morgan fingerprint density at radius 3 is 2.74 bits per heavy atom. The number of nitrogens with one attached hydrogen (secondary N) is 2. The first kappa shape index (κ1) is 15.1. The standard InChI is InChI=1S/C12H16Cl2N2O2S/c1-8-4-5-15-7-11(8)16-19(17,18)12-3-2-9(13)6-10(12)14/h2-3,6,8,11,15-16H,4-5,7H2,1H3. The average molecular weight is 323 g/mol. The molecule has 1 aromatic carbocycles. The van der Waals surface area contributed by atoms with Gasteiger partial charge in [-0.25, -0.2) is 13.1 Å². The van der Waals surface area contributed by atoms with Crippen molar-refractivity contribution in [3.8, 4) is 0 Å². The molecule has 0 amide bonds. The topological polar surface area (TPSA) is 58.2 Å². The molecule has 2 unspecified atom stereocenters. The minimum atomic E-state index is -3.62. The van der Waals surface area contributed by atoms with E-state index in [4.69, 9.17) is 23.2 Å². The molecule has 4 nitrogen and oxygen atoms in total. The second kappa shape index (κ2) is 5.97. The van der Waals surface area contributed by atoms with Crippen LogP contribution in [0, 0.1) is 5.92 Å². The van der Waals surface area contributed by atoms with Crippen LogP contribution in [0.25, 0.3) is 0 Å². The van der Waals surface area contributed by atoms with Gasteiger partial charge in [-0.05, 0) is 37.1 Å². The van der Waals surface area contributed by atoms with Gasteiger partial charge in [0, 0.05) is 17.6 Å². The molecule has 0 spiro atoms. The van der Waals surface area contributed by atoms with Crippen molar-refractivity contribution < 1.29 is 8.42 Å². The molecular formula is C12H16Cl2N2O2S. The smallest absolute Gasteiger partial charge is 0.242 e. The largest absolute Gasteiger partial charge is 0.315 e. The van der Waals surface area contributed by atoms with E-state index in [9.17, 15) is 8.42 Å². The van der Waals surface area contributed by atoms with Crippen molar-refractivity contribution in [1.82, 2.24) is 10.0 Å². The summed E-state index contributed by atoms with van der Waals surface area (Å²) in [6, 6.07) is 4.25. The summed E-state index contributed by atoms with van der Waals surface area (Å²) in [7, 11) is -3.62. The first-order valence-corrected chi connectivity index (χ1v) is 8.32. The Bertz CT molecular complexity index is 563. The van der Waals surface area contributed by atoms with Gasteiger partial charge < -0.3 is 5.32 Å². The molecule has 2 N–H and O–H groups in total. The molecule has 0 saturated carbocycles. The zero-order valence-corrected chi connectivity index (χ0v) is 12.8. The summed E-state index contributed by atoms with van der Waals surface area (Å²) in [5.74, 6) is 0.294. The average Bonchev–Trinajstić information content (AvgIpc) is 2.31. The van der Waals surface area contributed by atoms with E-state index in [2.05, 4.69) is 10.0 Å². The van der Waals surface area contributed by atoms with Crippen LogP contribution in [0.5, 0.6) is 0 Å². The molecule has 0 radical (unpaired) electrons. The van der Waals surface area contributed by atoms with Gasteiger partial charge in [0.25, 0.3) is 0 Å². The van der Waals surface area contributed by atoms with Crippen molar-refractivity contribution in [2.45, 2.75) is 24.3 Å². The Hall–Kier alpha value is -0.330. The number of benzene rings is 1. The molecule has 1 aliphatic heterocycles. The monoisotopic (exact) mass is 322 g/mol. The molecule has 1 aromatic rings. The van der Waals surface area contributed by atoms with Gasteiger partial charge in [-0.1, -0.05) is 30.1 Å². The molecular weight excluding hydrogens is 307 g/mol. The van der Waals surface area contributed by atoms with E-state index in [0.29, 0.717) is 17.5 Å². The molecule has 1 saturated heterocycles. The van der Waals surface area contributed by atoms with E-state index in [-0.39, 0.29) is 16.0 Å². The molecule has 0 bridgehead atoms. The minimum Gasteiger partial charge on any atom is -0.315 e. The van der Waals surface area contributed by atoms with Crippen LogP contribution < -0.4 is 10.0 Å². The zero-order chi connectivity index (χ0) is 14.0. The summed E-state index contributed by atoms with van der Waals surface area (Å²) in [5.41, 5.74) is 0. The molecule has 7 heteroatoms. The van der Waals surface area contributed by atoms with E-state index in [1.165, 1.54) is 18.2 Å². The maximum atomic E-state index is 12.3. The van der Waals surface area contributed by atoms with E-state index in [1.807, 2.05) is 6.92 Å². The Morgan fingerprint density at radius 2 is 2.11 bits per heavy atom. The molecule has 2 atom stereocenters. The lowest BCUT2D eigenvalue weighted by atomic mass is 9.96. The third-order valence-electron chi connectivity index (χ3n) is 3.32. The van der Waals surface area contributed by atoms with E-state index < -0.39 is 10.0 Å². The summed E-state index contributed by atoms with van der Waals surface area (Å²) >= 11 is 11.7. The van der Waals surface area contributed by atoms with Gasteiger partial charge in [0.05, 0.1) is 5.02 Å². The molecule has 0 aromatic heterocycles. The Kier molecular flexibility index (Phi) is 4.74. The first-order chi connectivity index (χ1) is 8.90. The molecule has 106 valence electrons. The van der Waals surface area contributed by atoms with Crippen LogP contribution in [0.4, 0.5) is 0 Å². The predicted octanol–water partition coefficient (Wildman–Crippen LogP) is 2.27. The Morgan fingerprint density at radius 1 is 1.37 bits per heavy atom. The fourth-order valence-electron chi connectivity index (χ4n) is 2.10. The van der Waals surface area contributed by atoms with Crippen molar-refractivity contribution in [3.05, 3.63) is 28.2 Å². The molecule has 1 aliphatic rings. The highest BCUT2D eigenvalue weighted by molar-refractivity contribution is 7.89. The van der Waals surface area contributed by atoms with Crippen molar-refractivity contribution in [1.29, 1.82) is 0 Å².